The van der Waals surface area contributed by atoms with Crippen LogP contribution in [0.3, 0.4) is 0 Å². The monoisotopic (exact) mass is 370 g/mol. The Hall–Kier alpha value is -2.14. The van der Waals surface area contributed by atoms with Crippen LogP contribution >= 0.6 is 0 Å². The van der Waals surface area contributed by atoms with Gasteiger partial charge in [-0.2, -0.15) is 0 Å². The average molecular weight is 370 g/mol. The lowest BCUT2D eigenvalue weighted by Gasteiger charge is -2.20. The molecule has 0 aliphatic carbocycles. The zero-order valence-electron chi connectivity index (χ0n) is 16.8. The van der Waals surface area contributed by atoms with Crippen molar-refractivity contribution < 1.29 is 4.74 Å². The summed E-state index contributed by atoms with van der Waals surface area (Å²) in [7, 11) is 0. The highest BCUT2D eigenvalue weighted by molar-refractivity contribution is 5.23. The Labute approximate surface area is 160 Å². The third kappa shape index (κ3) is 4.41. The summed E-state index contributed by atoms with van der Waals surface area (Å²) in [6, 6.07) is 7.77. The normalized spacial score (nSPS) is 15.3. The van der Waals surface area contributed by atoms with E-state index in [0.717, 1.165) is 30.6 Å². The lowest BCUT2D eigenvalue weighted by atomic mass is 10.0. The van der Waals surface area contributed by atoms with Gasteiger partial charge in [0, 0.05) is 36.6 Å². The molecule has 2 aliphatic heterocycles. The molecule has 146 valence electrons. The Bertz CT molecular complexity index is 922. The molecule has 0 spiro atoms. The second-order valence-electron chi connectivity index (χ2n) is 8.01. The van der Waals surface area contributed by atoms with E-state index < -0.39 is 0 Å². The second kappa shape index (κ2) is 8.26. The van der Waals surface area contributed by atoms with Gasteiger partial charge in [-0.25, -0.2) is 0 Å². The summed E-state index contributed by atoms with van der Waals surface area (Å²) in [5.74, 6) is 0.856. The van der Waals surface area contributed by atoms with Gasteiger partial charge < -0.3 is 13.9 Å². The number of hydrogen-bond acceptors (Lipinski definition) is 3. The molecule has 0 saturated heterocycles. The molecule has 0 radical (unpaired) electrons. The van der Waals surface area contributed by atoms with E-state index in [1.54, 1.807) is 16.7 Å². The van der Waals surface area contributed by atoms with Gasteiger partial charge >= 0.3 is 0 Å². The van der Waals surface area contributed by atoms with Gasteiger partial charge in [-0.1, -0.05) is 27.7 Å². The molecule has 2 aliphatic rings. The van der Waals surface area contributed by atoms with Crippen molar-refractivity contribution >= 4 is 0 Å². The fourth-order valence-corrected chi connectivity index (χ4v) is 3.60. The fourth-order valence-electron chi connectivity index (χ4n) is 3.60. The molecule has 0 aromatic carbocycles. The SMILES string of the molecule is CC(C)c1cc2n(c(=O)c1)CCC2.CC(C)c1cc2n(c(=O)c1)CCOC2. The van der Waals surface area contributed by atoms with Crippen LogP contribution in [0.1, 0.15) is 68.5 Å². The number of rotatable bonds is 2. The predicted octanol–water partition coefficient (Wildman–Crippen LogP) is 3.42. The lowest BCUT2D eigenvalue weighted by molar-refractivity contribution is 0.0823. The summed E-state index contributed by atoms with van der Waals surface area (Å²) in [5, 5.41) is 0. The zero-order chi connectivity index (χ0) is 19.6. The Balaban J connectivity index is 0.000000156. The quantitative estimate of drug-likeness (QED) is 0.814. The van der Waals surface area contributed by atoms with Gasteiger partial charge in [0.05, 0.1) is 13.2 Å². The summed E-state index contributed by atoms with van der Waals surface area (Å²) in [6.07, 6.45) is 2.19. The third-order valence-corrected chi connectivity index (χ3v) is 5.33. The molecule has 0 N–H and O–H groups in total. The topological polar surface area (TPSA) is 53.2 Å². The van der Waals surface area contributed by atoms with E-state index in [1.165, 1.54) is 11.3 Å². The highest BCUT2D eigenvalue weighted by Crippen LogP contribution is 2.18. The molecule has 0 saturated carbocycles. The van der Waals surface area contributed by atoms with Gasteiger partial charge in [0.25, 0.3) is 11.1 Å². The van der Waals surface area contributed by atoms with Crippen LogP contribution in [-0.4, -0.2) is 15.7 Å². The largest absolute Gasteiger partial charge is 0.373 e. The van der Waals surface area contributed by atoms with E-state index in [9.17, 15) is 9.59 Å². The maximum absolute atomic E-state index is 11.7. The van der Waals surface area contributed by atoms with Crippen LogP contribution in [-0.2, 0) is 30.9 Å². The van der Waals surface area contributed by atoms with Gasteiger partial charge in [-0.15, -0.1) is 0 Å². The Morgan fingerprint density at radius 3 is 1.96 bits per heavy atom. The van der Waals surface area contributed by atoms with Crippen LogP contribution in [0.2, 0.25) is 0 Å². The summed E-state index contributed by atoms with van der Waals surface area (Å²) in [5.41, 5.74) is 4.79. The van der Waals surface area contributed by atoms with E-state index in [1.807, 2.05) is 4.57 Å². The van der Waals surface area contributed by atoms with Crippen molar-refractivity contribution in [2.24, 2.45) is 0 Å². The summed E-state index contributed by atoms with van der Waals surface area (Å²) >= 11 is 0. The van der Waals surface area contributed by atoms with Crippen LogP contribution in [0.5, 0.6) is 0 Å². The van der Waals surface area contributed by atoms with Crippen LogP contribution in [0.4, 0.5) is 0 Å². The highest BCUT2D eigenvalue weighted by Gasteiger charge is 2.14. The van der Waals surface area contributed by atoms with Crippen molar-refractivity contribution in [2.75, 3.05) is 6.61 Å². The minimum absolute atomic E-state index is 0.106. The van der Waals surface area contributed by atoms with Crippen molar-refractivity contribution in [3.8, 4) is 0 Å². The molecule has 27 heavy (non-hydrogen) atoms. The molecular formula is C22H30N2O3. The second-order valence-corrected chi connectivity index (χ2v) is 8.01. The molecule has 5 nitrogen and oxygen atoms in total. The molecule has 4 heterocycles. The first-order valence-electron chi connectivity index (χ1n) is 9.92. The number of nitrogens with zero attached hydrogens (tertiary/aromatic N) is 2. The smallest absolute Gasteiger partial charge is 0.251 e. The first-order chi connectivity index (χ1) is 12.9. The van der Waals surface area contributed by atoms with E-state index >= 15 is 0 Å². The predicted molar refractivity (Wildman–Crippen MR) is 108 cm³/mol. The van der Waals surface area contributed by atoms with Crippen molar-refractivity contribution in [3.05, 3.63) is 67.5 Å². The van der Waals surface area contributed by atoms with Crippen molar-refractivity contribution in [2.45, 2.75) is 72.1 Å². The van der Waals surface area contributed by atoms with Crippen molar-refractivity contribution in [1.29, 1.82) is 0 Å². The minimum atomic E-state index is 0.106. The first kappa shape index (κ1) is 19.6. The third-order valence-electron chi connectivity index (χ3n) is 5.33. The standard InChI is InChI=1S/C11H15NO2.C11H15NO/c1-8(2)9-5-10-7-14-4-3-12(10)11(13)6-9;1-8(2)9-6-10-4-3-5-12(10)11(13)7-9/h5-6,8H,3-4,7H2,1-2H3;6-8H,3-5H2,1-2H3. The van der Waals surface area contributed by atoms with Crippen molar-refractivity contribution in [3.63, 3.8) is 0 Å². The number of ether oxygens (including phenoxy) is 1. The molecular weight excluding hydrogens is 340 g/mol. The van der Waals surface area contributed by atoms with E-state index in [2.05, 4.69) is 39.8 Å². The maximum Gasteiger partial charge on any atom is 0.251 e. The molecule has 2 aromatic rings. The number of hydrogen-bond donors (Lipinski definition) is 0. The molecule has 0 bridgehead atoms. The van der Waals surface area contributed by atoms with Crippen LogP contribution in [0, 0.1) is 0 Å². The molecule has 0 fully saturated rings. The molecule has 0 atom stereocenters. The molecule has 2 aromatic heterocycles. The number of aromatic nitrogens is 2. The number of fused-ring (bicyclic) bond motifs is 2. The summed E-state index contributed by atoms with van der Waals surface area (Å²) in [4.78, 5) is 23.3. The van der Waals surface area contributed by atoms with Crippen LogP contribution < -0.4 is 11.1 Å². The van der Waals surface area contributed by atoms with Crippen molar-refractivity contribution in [1.82, 2.24) is 9.13 Å². The zero-order valence-corrected chi connectivity index (χ0v) is 16.8. The number of aryl methyl sites for hydroxylation is 1. The minimum Gasteiger partial charge on any atom is -0.373 e. The van der Waals surface area contributed by atoms with Gasteiger partial charge in [0.2, 0.25) is 0 Å². The molecule has 4 rings (SSSR count). The Morgan fingerprint density at radius 2 is 1.37 bits per heavy atom. The summed E-state index contributed by atoms with van der Waals surface area (Å²) in [6.45, 7) is 11.2. The van der Waals surface area contributed by atoms with Crippen LogP contribution in [0.25, 0.3) is 0 Å². The van der Waals surface area contributed by atoms with Gasteiger partial charge in [0.1, 0.15) is 0 Å². The molecule has 0 amide bonds. The van der Waals surface area contributed by atoms with E-state index in [0.29, 0.717) is 31.6 Å². The first-order valence-corrected chi connectivity index (χ1v) is 9.92. The lowest BCUT2D eigenvalue weighted by Crippen LogP contribution is -2.29. The van der Waals surface area contributed by atoms with E-state index in [-0.39, 0.29) is 11.1 Å². The Kier molecular flexibility index (Phi) is 6.00. The number of pyridine rings is 2. The Morgan fingerprint density at radius 1 is 0.815 bits per heavy atom. The highest BCUT2D eigenvalue weighted by atomic mass is 16.5. The van der Waals surface area contributed by atoms with Gasteiger partial charge in [0.15, 0.2) is 0 Å². The maximum atomic E-state index is 11.7. The van der Waals surface area contributed by atoms with Gasteiger partial charge in [-0.05, 0) is 47.9 Å². The van der Waals surface area contributed by atoms with Crippen LogP contribution in [0.15, 0.2) is 33.9 Å². The fraction of sp³-hybridized carbons (Fsp3) is 0.545. The summed E-state index contributed by atoms with van der Waals surface area (Å²) < 4.78 is 9.02. The molecule has 5 heteroatoms. The van der Waals surface area contributed by atoms with E-state index in [4.69, 9.17) is 4.74 Å². The van der Waals surface area contributed by atoms with Gasteiger partial charge in [-0.3, -0.25) is 9.59 Å². The molecule has 0 unspecified atom stereocenters. The average Bonchev–Trinajstić information content (AvgIpc) is 3.11.